The van der Waals surface area contributed by atoms with Gasteiger partial charge >= 0.3 is 5.97 Å². The Hall–Kier alpha value is -0.613. The van der Waals surface area contributed by atoms with Crippen LogP contribution >= 0.6 is 0 Å². The van der Waals surface area contributed by atoms with Gasteiger partial charge in [-0.3, -0.25) is 4.79 Å². The highest BCUT2D eigenvalue weighted by molar-refractivity contribution is 6.74. The van der Waals surface area contributed by atoms with Gasteiger partial charge in [0.2, 0.25) is 0 Å². The van der Waals surface area contributed by atoms with Crippen LogP contribution in [0.3, 0.4) is 0 Å². The van der Waals surface area contributed by atoms with E-state index in [2.05, 4.69) is 52.9 Å². The SMILES string of the molecule is CCCCCCC=C[C@H]1[C@H](O[Si](C)(C)C(C)(C)C)CC2OC(=O)C[C@@H]21. The van der Waals surface area contributed by atoms with E-state index in [4.69, 9.17) is 9.16 Å². The highest BCUT2D eigenvalue weighted by Crippen LogP contribution is 2.47. The Balaban J connectivity index is 2.02. The van der Waals surface area contributed by atoms with Crippen molar-refractivity contribution in [3.05, 3.63) is 12.2 Å². The van der Waals surface area contributed by atoms with Crippen molar-refractivity contribution in [1.82, 2.24) is 0 Å². The van der Waals surface area contributed by atoms with Crippen molar-refractivity contribution in [2.45, 2.75) is 103 Å². The molecule has 0 amide bonds. The zero-order valence-corrected chi connectivity index (χ0v) is 18.1. The van der Waals surface area contributed by atoms with Crippen LogP contribution in [-0.4, -0.2) is 26.5 Å². The van der Waals surface area contributed by atoms with E-state index in [0.29, 0.717) is 18.3 Å². The Bertz CT molecular complexity index is 478. The van der Waals surface area contributed by atoms with Gasteiger partial charge in [0.15, 0.2) is 8.32 Å². The van der Waals surface area contributed by atoms with Crippen LogP contribution in [0.25, 0.3) is 0 Å². The van der Waals surface area contributed by atoms with Crippen LogP contribution in [0.15, 0.2) is 12.2 Å². The second kappa shape index (κ2) is 8.39. The van der Waals surface area contributed by atoms with Crippen molar-refractivity contribution in [2.24, 2.45) is 11.8 Å². The summed E-state index contributed by atoms with van der Waals surface area (Å²) in [5.41, 5.74) is 0. The van der Waals surface area contributed by atoms with E-state index in [0.717, 1.165) is 12.8 Å². The maximum atomic E-state index is 11.7. The van der Waals surface area contributed by atoms with E-state index in [1.807, 2.05) is 0 Å². The van der Waals surface area contributed by atoms with Crippen molar-refractivity contribution in [3.63, 3.8) is 0 Å². The predicted octanol–water partition coefficient (Wildman–Crippen LogP) is 5.86. The van der Waals surface area contributed by atoms with Crippen LogP contribution < -0.4 is 0 Å². The number of esters is 1. The molecule has 144 valence electrons. The van der Waals surface area contributed by atoms with Crippen LogP contribution in [0.4, 0.5) is 0 Å². The van der Waals surface area contributed by atoms with Crippen molar-refractivity contribution in [2.75, 3.05) is 0 Å². The van der Waals surface area contributed by atoms with E-state index >= 15 is 0 Å². The Morgan fingerprint density at radius 1 is 1.24 bits per heavy atom. The first-order valence-electron chi connectivity index (χ1n) is 10.2. The van der Waals surface area contributed by atoms with E-state index in [1.165, 1.54) is 25.7 Å². The number of hydrogen-bond acceptors (Lipinski definition) is 3. The lowest BCUT2D eigenvalue weighted by molar-refractivity contribution is -0.141. The number of fused-ring (bicyclic) bond motifs is 1. The quantitative estimate of drug-likeness (QED) is 0.234. The molecule has 0 spiro atoms. The largest absolute Gasteiger partial charge is 0.462 e. The molecule has 1 aliphatic carbocycles. The van der Waals surface area contributed by atoms with Crippen molar-refractivity contribution >= 4 is 14.3 Å². The molecular weight excluding hydrogens is 328 g/mol. The third kappa shape index (κ3) is 5.19. The molecule has 1 saturated carbocycles. The van der Waals surface area contributed by atoms with Gasteiger partial charge in [0.1, 0.15) is 6.10 Å². The van der Waals surface area contributed by atoms with Crippen LogP contribution in [0.5, 0.6) is 0 Å². The summed E-state index contributed by atoms with van der Waals surface area (Å²) in [6, 6.07) is 0. The van der Waals surface area contributed by atoms with Crippen LogP contribution in [0, 0.1) is 11.8 Å². The molecule has 2 fully saturated rings. The lowest BCUT2D eigenvalue weighted by atomic mass is 9.91. The molecule has 1 unspecified atom stereocenters. The molecule has 4 atom stereocenters. The Kier molecular flexibility index (Phi) is 6.94. The van der Waals surface area contributed by atoms with Gasteiger partial charge in [-0.15, -0.1) is 0 Å². The average molecular weight is 367 g/mol. The summed E-state index contributed by atoms with van der Waals surface area (Å²) in [4.78, 5) is 11.7. The third-order valence-electron chi connectivity index (χ3n) is 6.39. The van der Waals surface area contributed by atoms with E-state index in [-0.39, 0.29) is 23.2 Å². The second-order valence-corrected chi connectivity index (χ2v) is 14.2. The zero-order valence-electron chi connectivity index (χ0n) is 17.1. The molecule has 0 radical (unpaired) electrons. The van der Waals surface area contributed by atoms with Gasteiger partial charge in [-0.05, 0) is 31.0 Å². The topological polar surface area (TPSA) is 35.5 Å². The molecule has 0 aromatic carbocycles. The molecule has 0 aromatic heterocycles. The first-order chi connectivity index (χ1) is 11.7. The second-order valence-electron chi connectivity index (χ2n) is 9.40. The Morgan fingerprint density at radius 3 is 2.60 bits per heavy atom. The minimum atomic E-state index is -1.82. The standard InChI is InChI=1S/C21H38O3Si/c1-7-8-9-10-11-12-13-16-17-14-20(22)23-18(17)15-19(16)24-25(5,6)21(2,3)4/h12-13,16-19H,7-11,14-15H2,1-6H3/t16-,17-,18?,19-/m1/s1. The van der Waals surface area contributed by atoms with Crippen LogP contribution in [0.1, 0.15) is 72.6 Å². The monoisotopic (exact) mass is 366 g/mol. The first-order valence-corrected chi connectivity index (χ1v) is 13.1. The number of hydrogen-bond donors (Lipinski definition) is 0. The molecule has 0 N–H and O–H groups in total. The molecule has 2 rings (SSSR count). The Labute approximate surface area is 155 Å². The maximum Gasteiger partial charge on any atom is 0.306 e. The fraction of sp³-hybridized carbons (Fsp3) is 0.857. The van der Waals surface area contributed by atoms with Gasteiger partial charge in [0.05, 0.1) is 12.5 Å². The Morgan fingerprint density at radius 2 is 1.96 bits per heavy atom. The summed E-state index contributed by atoms with van der Waals surface area (Å²) >= 11 is 0. The van der Waals surface area contributed by atoms with Crippen LogP contribution in [-0.2, 0) is 14.0 Å². The van der Waals surface area contributed by atoms with Crippen molar-refractivity contribution in [3.8, 4) is 0 Å². The van der Waals surface area contributed by atoms with Gasteiger partial charge in [-0.25, -0.2) is 0 Å². The van der Waals surface area contributed by atoms with Gasteiger partial charge in [0.25, 0.3) is 0 Å². The molecule has 1 aliphatic heterocycles. The predicted molar refractivity (Wildman–Crippen MR) is 106 cm³/mol. The van der Waals surface area contributed by atoms with E-state index in [9.17, 15) is 4.79 Å². The first kappa shape index (κ1) is 20.7. The van der Waals surface area contributed by atoms with Gasteiger partial charge in [0, 0.05) is 18.3 Å². The van der Waals surface area contributed by atoms with Gasteiger partial charge in [-0.1, -0.05) is 59.1 Å². The molecule has 0 bridgehead atoms. The lowest BCUT2D eigenvalue weighted by Crippen LogP contribution is -2.45. The maximum absolute atomic E-state index is 11.7. The molecule has 3 nitrogen and oxygen atoms in total. The molecule has 0 aromatic rings. The molecular formula is C21H38O3Si. The normalized spacial score (nSPS) is 30.1. The summed E-state index contributed by atoms with van der Waals surface area (Å²) in [5.74, 6) is 0.619. The number of ether oxygens (including phenoxy) is 1. The van der Waals surface area contributed by atoms with Crippen LogP contribution in [0.2, 0.25) is 18.1 Å². The smallest absolute Gasteiger partial charge is 0.306 e. The zero-order chi connectivity index (χ0) is 18.7. The fourth-order valence-corrected chi connectivity index (χ4v) is 5.15. The lowest BCUT2D eigenvalue weighted by Gasteiger charge is -2.39. The molecule has 25 heavy (non-hydrogen) atoms. The summed E-state index contributed by atoms with van der Waals surface area (Å²) in [6.07, 6.45) is 12.7. The summed E-state index contributed by atoms with van der Waals surface area (Å²) in [7, 11) is -1.82. The third-order valence-corrected chi connectivity index (χ3v) is 10.9. The average Bonchev–Trinajstić information content (AvgIpc) is 2.98. The minimum absolute atomic E-state index is 0.0258. The van der Waals surface area contributed by atoms with Crippen molar-refractivity contribution in [1.29, 1.82) is 0 Å². The fourth-order valence-electron chi connectivity index (χ4n) is 3.79. The number of allylic oxidation sites excluding steroid dienone is 1. The summed E-state index contributed by atoms with van der Waals surface area (Å²) < 4.78 is 12.3. The van der Waals surface area contributed by atoms with Gasteiger partial charge < -0.3 is 9.16 Å². The highest BCUT2D eigenvalue weighted by atomic mass is 28.4. The number of carbonyl (C=O) groups is 1. The summed E-state index contributed by atoms with van der Waals surface area (Å²) in [6.45, 7) is 13.7. The molecule has 1 heterocycles. The number of carbonyl (C=O) groups excluding carboxylic acids is 1. The molecule has 1 saturated heterocycles. The highest BCUT2D eigenvalue weighted by Gasteiger charge is 2.52. The molecule has 2 aliphatic rings. The van der Waals surface area contributed by atoms with Crippen molar-refractivity contribution < 1.29 is 14.0 Å². The number of unbranched alkanes of at least 4 members (excludes halogenated alkanes) is 4. The van der Waals surface area contributed by atoms with E-state index in [1.54, 1.807) is 0 Å². The summed E-state index contributed by atoms with van der Waals surface area (Å²) in [5, 5.41) is 0.204. The molecule has 4 heteroatoms. The van der Waals surface area contributed by atoms with Gasteiger partial charge in [-0.2, -0.15) is 0 Å². The minimum Gasteiger partial charge on any atom is -0.462 e. The number of rotatable bonds is 8. The van der Waals surface area contributed by atoms with E-state index < -0.39 is 8.32 Å².